The fraction of sp³-hybridized carbons (Fsp3) is 0.429. The minimum Gasteiger partial charge on any atom is -0.478 e. The Balaban J connectivity index is 1.56. The predicted molar refractivity (Wildman–Crippen MR) is 121 cm³/mol. The highest BCUT2D eigenvalue weighted by Gasteiger charge is 2.31. The first-order valence-corrected chi connectivity index (χ1v) is 12.1. The van der Waals surface area contributed by atoms with Crippen LogP contribution in [-0.4, -0.2) is 55.1 Å². The van der Waals surface area contributed by atoms with E-state index >= 15 is 0 Å². The van der Waals surface area contributed by atoms with Crippen molar-refractivity contribution in [2.24, 2.45) is 0 Å². The van der Waals surface area contributed by atoms with Crippen molar-refractivity contribution in [2.75, 3.05) is 30.3 Å². The van der Waals surface area contributed by atoms with Gasteiger partial charge in [-0.1, -0.05) is 19.4 Å². The first-order chi connectivity index (χ1) is 15.7. The van der Waals surface area contributed by atoms with Gasteiger partial charge in [0.15, 0.2) is 0 Å². The van der Waals surface area contributed by atoms with Crippen molar-refractivity contribution < 1.29 is 27.9 Å². The zero-order valence-electron chi connectivity index (χ0n) is 18.3. The molecule has 0 spiro atoms. The van der Waals surface area contributed by atoms with Crippen molar-refractivity contribution in [3.8, 4) is 6.01 Å². The summed E-state index contributed by atoms with van der Waals surface area (Å²) in [7, 11) is -3.85. The second kappa shape index (κ2) is 10.6. The Morgan fingerprint density at radius 2 is 2.06 bits per heavy atom. The zero-order chi connectivity index (χ0) is 24.0. The molecule has 0 saturated heterocycles. The van der Waals surface area contributed by atoms with Crippen LogP contribution in [0.4, 0.5) is 11.6 Å². The number of ether oxygens (including phenoxy) is 1. The standard InChI is InChI=1S/C21H27N5O6S/c1-2-3-11-32-21-24-18(22)16-13-17(27)26(19(16)25-21)10-5-4-9-23-33(30,31)15-8-6-7-14(12-15)20(28)29/h6-8,12,23H,2-5,9-11,13H2,1H3,(H,28,29)(H2,22,24,25). The van der Waals surface area contributed by atoms with Gasteiger partial charge in [0.25, 0.3) is 0 Å². The number of sulfonamides is 1. The summed E-state index contributed by atoms with van der Waals surface area (Å²) in [5, 5.41) is 9.03. The summed E-state index contributed by atoms with van der Waals surface area (Å²) in [6.45, 7) is 2.96. The van der Waals surface area contributed by atoms with E-state index in [1.165, 1.54) is 23.1 Å². The third-order valence-electron chi connectivity index (χ3n) is 5.10. The summed E-state index contributed by atoms with van der Waals surface area (Å²) < 4.78 is 32.8. The van der Waals surface area contributed by atoms with Gasteiger partial charge in [-0.25, -0.2) is 17.9 Å². The molecule has 2 heterocycles. The van der Waals surface area contributed by atoms with Crippen molar-refractivity contribution in [1.82, 2.24) is 14.7 Å². The summed E-state index contributed by atoms with van der Waals surface area (Å²) >= 11 is 0. The van der Waals surface area contributed by atoms with E-state index in [-0.39, 0.29) is 41.2 Å². The Bertz CT molecular complexity index is 1140. The van der Waals surface area contributed by atoms with Gasteiger partial charge >= 0.3 is 12.0 Å². The average Bonchev–Trinajstić information content (AvgIpc) is 3.09. The van der Waals surface area contributed by atoms with Crippen LogP contribution >= 0.6 is 0 Å². The molecule has 11 nitrogen and oxygen atoms in total. The van der Waals surface area contributed by atoms with Crippen molar-refractivity contribution in [3.63, 3.8) is 0 Å². The van der Waals surface area contributed by atoms with E-state index in [1.54, 1.807) is 0 Å². The Hall–Kier alpha value is -3.25. The molecule has 0 aliphatic carbocycles. The molecule has 178 valence electrons. The number of nitrogens with two attached hydrogens (primary N) is 1. The molecule has 0 atom stereocenters. The maximum absolute atomic E-state index is 12.5. The number of aromatic carboxylic acids is 1. The Kier molecular flexibility index (Phi) is 7.82. The van der Waals surface area contributed by atoms with Crippen molar-refractivity contribution in [2.45, 2.75) is 43.9 Å². The molecule has 4 N–H and O–H groups in total. The van der Waals surface area contributed by atoms with Gasteiger partial charge < -0.3 is 15.6 Å². The number of nitrogens with one attached hydrogen (secondary N) is 1. The van der Waals surface area contributed by atoms with Gasteiger partial charge in [-0.3, -0.25) is 9.69 Å². The number of carboxylic acids is 1. The van der Waals surface area contributed by atoms with E-state index in [0.717, 1.165) is 18.9 Å². The molecule has 2 aromatic rings. The number of nitrogens with zero attached hydrogens (tertiary/aromatic N) is 3. The number of amides is 1. The highest BCUT2D eigenvalue weighted by atomic mass is 32.2. The maximum atomic E-state index is 12.5. The molecule has 3 rings (SSSR count). The molecule has 12 heteroatoms. The van der Waals surface area contributed by atoms with Crippen molar-refractivity contribution in [3.05, 3.63) is 35.4 Å². The van der Waals surface area contributed by atoms with E-state index < -0.39 is 16.0 Å². The first-order valence-electron chi connectivity index (χ1n) is 10.7. The molecule has 1 amide bonds. The van der Waals surface area contributed by atoms with Crippen LogP contribution in [0, 0.1) is 0 Å². The Morgan fingerprint density at radius 3 is 2.79 bits per heavy atom. The quantitative estimate of drug-likeness (QED) is 0.385. The lowest BCUT2D eigenvalue weighted by atomic mass is 10.2. The number of carboxylic acid groups (broad SMARTS) is 1. The van der Waals surface area contributed by atoms with Crippen LogP contribution in [0.25, 0.3) is 0 Å². The number of unbranched alkanes of at least 4 members (excludes halogenated alkanes) is 2. The molecule has 33 heavy (non-hydrogen) atoms. The molecule has 0 fully saturated rings. The van der Waals surface area contributed by atoms with Crippen LogP contribution in [0.1, 0.15) is 48.5 Å². The zero-order valence-corrected chi connectivity index (χ0v) is 19.1. The van der Waals surface area contributed by atoms with Crippen LogP contribution in [0.3, 0.4) is 0 Å². The van der Waals surface area contributed by atoms with E-state index in [9.17, 15) is 18.0 Å². The minimum atomic E-state index is -3.85. The maximum Gasteiger partial charge on any atom is 0.335 e. The van der Waals surface area contributed by atoms with Crippen molar-refractivity contribution in [1.29, 1.82) is 0 Å². The number of carbonyl (C=O) groups excluding carboxylic acids is 1. The number of hydrogen-bond donors (Lipinski definition) is 3. The smallest absolute Gasteiger partial charge is 0.335 e. The number of nitrogen functional groups attached to an aromatic ring is 1. The lowest BCUT2D eigenvalue weighted by molar-refractivity contribution is -0.117. The van der Waals surface area contributed by atoms with Crippen LogP contribution < -0.4 is 20.1 Å². The summed E-state index contributed by atoms with van der Waals surface area (Å²) in [5.41, 5.74) is 6.45. The summed E-state index contributed by atoms with van der Waals surface area (Å²) in [4.78, 5) is 33.4. The SMILES string of the molecule is CCCCOc1nc(N)c2c(n1)N(CCCCNS(=O)(=O)c1cccc(C(=O)O)c1)C(=O)C2. The van der Waals surface area contributed by atoms with Crippen LogP contribution in [-0.2, 0) is 21.2 Å². The van der Waals surface area contributed by atoms with Crippen LogP contribution in [0.2, 0.25) is 0 Å². The lowest BCUT2D eigenvalue weighted by Gasteiger charge is -2.17. The van der Waals surface area contributed by atoms with Gasteiger partial charge in [0, 0.05) is 18.7 Å². The largest absolute Gasteiger partial charge is 0.478 e. The molecule has 1 aliphatic rings. The molecule has 0 bridgehead atoms. The number of benzene rings is 1. The van der Waals surface area contributed by atoms with Gasteiger partial charge in [0.05, 0.1) is 23.5 Å². The highest BCUT2D eigenvalue weighted by Crippen LogP contribution is 2.32. The molecule has 1 aromatic carbocycles. The van der Waals surface area contributed by atoms with E-state index in [2.05, 4.69) is 14.7 Å². The Labute approximate surface area is 192 Å². The van der Waals surface area contributed by atoms with Gasteiger partial charge in [-0.15, -0.1) is 0 Å². The molecule has 0 unspecified atom stereocenters. The van der Waals surface area contributed by atoms with Crippen molar-refractivity contribution >= 4 is 33.5 Å². The number of anilines is 2. The fourth-order valence-electron chi connectivity index (χ4n) is 3.31. The van der Waals surface area contributed by atoms with E-state index in [1.807, 2.05) is 6.92 Å². The molecule has 1 aliphatic heterocycles. The molecular formula is C21H27N5O6S. The third kappa shape index (κ3) is 5.96. The second-order valence-corrected chi connectivity index (χ2v) is 9.32. The normalized spacial score (nSPS) is 13.2. The number of hydrogen-bond acceptors (Lipinski definition) is 8. The monoisotopic (exact) mass is 477 g/mol. The van der Waals surface area contributed by atoms with Gasteiger partial charge in [-0.2, -0.15) is 9.97 Å². The highest BCUT2D eigenvalue weighted by molar-refractivity contribution is 7.89. The van der Waals surface area contributed by atoms with E-state index in [4.69, 9.17) is 15.6 Å². The number of fused-ring (bicyclic) bond motifs is 1. The van der Waals surface area contributed by atoms with Gasteiger partial charge in [-0.05, 0) is 37.5 Å². The molecule has 0 saturated carbocycles. The van der Waals surface area contributed by atoms with Gasteiger partial charge in [0.2, 0.25) is 15.9 Å². The summed E-state index contributed by atoms with van der Waals surface area (Å²) in [5.74, 6) is -0.697. The van der Waals surface area contributed by atoms with Crippen LogP contribution in [0.5, 0.6) is 6.01 Å². The third-order valence-corrected chi connectivity index (χ3v) is 6.56. The average molecular weight is 478 g/mol. The lowest BCUT2D eigenvalue weighted by Crippen LogP contribution is -2.30. The molecule has 0 radical (unpaired) electrons. The predicted octanol–water partition coefficient (Wildman–Crippen LogP) is 1.58. The summed E-state index contributed by atoms with van der Waals surface area (Å²) in [6.07, 6.45) is 2.89. The molecule has 1 aromatic heterocycles. The number of aromatic nitrogens is 2. The number of carbonyl (C=O) groups is 2. The topological polar surface area (TPSA) is 165 Å². The second-order valence-electron chi connectivity index (χ2n) is 7.56. The van der Waals surface area contributed by atoms with E-state index in [0.29, 0.717) is 37.4 Å². The minimum absolute atomic E-state index is 0.108. The first kappa shape index (κ1) is 24.4. The Morgan fingerprint density at radius 1 is 1.27 bits per heavy atom. The number of rotatable bonds is 12. The summed E-state index contributed by atoms with van der Waals surface area (Å²) in [6, 6.07) is 5.27. The van der Waals surface area contributed by atoms with Gasteiger partial charge in [0.1, 0.15) is 11.6 Å². The molecular weight excluding hydrogens is 450 g/mol. The fourth-order valence-corrected chi connectivity index (χ4v) is 4.43. The van der Waals surface area contributed by atoms with Crippen LogP contribution in [0.15, 0.2) is 29.2 Å².